The van der Waals surface area contributed by atoms with Crippen LogP contribution in [-0.4, -0.2) is 24.3 Å². The first-order chi connectivity index (χ1) is 5.42. The SMILES string of the molecule is OC[C@H]1NCCC[C@@H]1C1CC1. The van der Waals surface area contributed by atoms with Crippen LogP contribution in [0.4, 0.5) is 0 Å². The molecule has 0 unspecified atom stereocenters. The summed E-state index contributed by atoms with van der Waals surface area (Å²) in [6, 6.07) is 0.413. The van der Waals surface area contributed by atoms with Crippen LogP contribution in [0, 0.1) is 11.8 Å². The molecule has 2 rings (SSSR count). The molecule has 2 fully saturated rings. The number of nitrogens with one attached hydrogen (secondary N) is 1. The number of aliphatic hydroxyl groups excluding tert-OH is 1. The highest BCUT2D eigenvalue weighted by molar-refractivity contribution is 4.91. The molecule has 0 amide bonds. The summed E-state index contributed by atoms with van der Waals surface area (Å²) in [6.07, 6.45) is 5.45. The summed E-state index contributed by atoms with van der Waals surface area (Å²) in [4.78, 5) is 0. The van der Waals surface area contributed by atoms with Crippen molar-refractivity contribution in [3.8, 4) is 0 Å². The third-order valence-corrected chi connectivity index (χ3v) is 3.06. The summed E-state index contributed by atoms with van der Waals surface area (Å²) in [5.74, 6) is 1.73. The predicted octanol–water partition coefficient (Wildman–Crippen LogP) is 0.757. The van der Waals surface area contributed by atoms with Crippen LogP contribution in [0.1, 0.15) is 25.7 Å². The minimum absolute atomic E-state index is 0.334. The van der Waals surface area contributed by atoms with Gasteiger partial charge >= 0.3 is 0 Å². The van der Waals surface area contributed by atoms with Gasteiger partial charge in [0, 0.05) is 6.04 Å². The molecule has 11 heavy (non-hydrogen) atoms. The lowest BCUT2D eigenvalue weighted by atomic mass is 9.87. The van der Waals surface area contributed by atoms with E-state index in [2.05, 4.69) is 5.32 Å². The van der Waals surface area contributed by atoms with Gasteiger partial charge in [-0.25, -0.2) is 0 Å². The Kier molecular flexibility index (Phi) is 2.14. The molecule has 0 bridgehead atoms. The van der Waals surface area contributed by atoms with Gasteiger partial charge < -0.3 is 10.4 Å². The normalized spacial score (nSPS) is 39.0. The highest BCUT2D eigenvalue weighted by Crippen LogP contribution is 2.41. The second kappa shape index (κ2) is 3.11. The van der Waals surface area contributed by atoms with Gasteiger partial charge in [-0.2, -0.15) is 0 Å². The number of piperidine rings is 1. The maximum absolute atomic E-state index is 9.08. The molecule has 2 heteroatoms. The smallest absolute Gasteiger partial charge is 0.0587 e. The minimum Gasteiger partial charge on any atom is -0.395 e. The Labute approximate surface area is 68.0 Å². The van der Waals surface area contributed by atoms with Crippen LogP contribution >= 0.6 is 0 Å². The quantitative estimate of drug-likeness (QED) is 0.617. The van der Waals surface area contributed by atoms with Gasteiger partial charge in [0.1, 0.15) is 0 Å². The van der Waals surface area contributed by atoms with Crippen molar-refractivity contribution in [1.82, 2.24) is 5.32 Å². The van der Waals surface area contributed by atoms with E-state index in [1.165, 1.54) is 25.7 Å². The summed E-state index contributed by atoms with van der Waals surface area (Å²) < 4.78 is 0. The highest BCUT2D eigenvalue weighted by Gasteiger charge is 2.37. The van der Waals surface area contributed by atoms with Crippen LogP contribution in [0.2, 0.25) is 0 Å². The maximum Gasteiger partial charge on any atom is 0.0587 e. The van der Waals surface area contributed by atoms with Crippen molar-refractivity contribution >= 4 is 0 Å². The van der Waals surface area contributed by atoms with Crippen molar-refractivity contribution in [1.29, 1.82) is 0 Å². The lowest BCUT2D eigenvalue weighted by Gasteiger charge is -2.31. The molecule has 1 saturated heterocycles. The molecule has 0 radical (unpaired) electrons. The van der Waals surface area contributed by atoms with E-state index in [1.807, 2.05) is 0 Å². The van der Waals surface area contributed by atoms with Gasteiger partial charge in [0.15, 0.2) is 0 Å². The van der Waals surface area contributed by atoms with Crippen molar-refractivity contribution in [2.24, 2.45) is 11.8 Å². The third kappa shape index (κ3) is 1.57. The van der Waals surface area contributed by atoms with E-state index in [-0.39, 0.29) is 0 Å². The number of hydrogen-bond donors (Lipinski definition) is 2. The van der Waals surface area contributed by atoms with Crippen molar-refractivity contribution in [2.45, 2.75) is 31.7 Å². The molecule has 1 heterocycles. The zero-order valence-electron chi connectivity index (χ0n) is 6.92. The molecule has 2 aliphatic rings. The Hall–Kier alpha value is -0.0800. The van der Waals surface area contributed by atoms with Crippen LogP contribution in [0.3, 0.4) is 0 Å². The fraction of sp³-hybridized carbons (Fsp3) is 1.00. The molecule has 1 aliphatic heterocycles. The zero-order valence-corrected chi connectivity index (χ0v) is 6.92. The molecule has 0 aromatic heterocycles. The first kappa shape index (κ1) is 7.56. The standard InChI is InChI=1S/C9H17NO/c11-6-9-8(7-3-4-7)2-1-5-10-9/h7-11H,1-6H2/t8-,9-/m1/s1. The topological polar surface area (TPSA) is 32.3 Å². The Morgan fingerprint density at radius 3 is 2.73 bits per heavy atom. The van der Waals surface area contributed by atoms with Crippen molar-refractivity contribution < 1.29 is 5.11 Å². The Bertz CT molecular complexity index is 134. The monoisotopic (exact) mass is 155 g/mol. The van der Waals surface area contributed by atoms with E-state index < -0.39 is 0 Å². The second-order valence-corrected chi connectivity index (χ2v) is 3.89. The molecule has 1 aliphatic carbocycles. The molecular formula is C9H17NO. The largest absolute Gasteiger partial charge is 0.395 e. The fourth-order valence-electron chi connectivity index (χ4n) is 2.27. The van der Waals surface area contributed by atoms with Gasteiger partial charge in [-0.05, 0) is 44.1 Å². The van der Waals surface area contributed by atoms with E-state index in [9.17, 15) is 0 Å². The maximum atomic E-state index is 9.08. The molecule has 2 nitrogen and oxygen atoms in total. The van der Waals surface area contributed by atoms with E-state index in [0.29, 0.717) is 12.6 Å². The Balaban J connectivity index is 1.91. The second-order valence-electron chi connectivity index (χ2n) is 3.89. The Morgan fingerprint density at radius 2 is 2.09 bits per heavy atom. The minimum atomic E-state index is 0.334. The highest BCUT2D eigenvalue weighted by atomic mass is 16.3. The lowest BCUT2D eigenvalue weighted by molar-refractivity contribution is 0.157. The molecule has 0 aromatic rings. The predicted molar refractivity (Wildman–Crippen MR) is 44.3 cm³/mol. The van der Waals surface area contributed by atoms with Gasteiger partial charge in [-0.1, -0.05) is 0 Å². The van der Waals surface area contributed by atoms with Crippen LogP contribution in [0.15, 0.2) is 0 Å². The van der Waals surface area contributed by atoms with Crippen molar-refractivity contribution in [2.75, 3.05) is 13.2 Å². The van der Waals surface area contributed by atoms with Crippen LogP contribution in [0.5, 0.6) is 0 Å². The summed E-state index contributed by atoms with van der Waals surface area (Å²) in [5.41, 5.74) is 0. The molecule has 2 atom stereocenters. The fourth-order valence-corrected chi connectivity index (χ4v) is 2.27. The summed E-state index contributed by atoms with van der Waals surface area (Å²) in [7, 11) is 0. The molecule has 1 saturated carbocycles. The van der Waals surface area contributed by atoms with E-state index in [1.54, 1.807) is 0 Å². The summed E-state index contributed by atoms with van der Waals surface area (Å²) in [5, 5.41) is 12.5. The first-order valence-electron chi connectivity index (χ1n) is 4.76. The molecular weight excluding hydrogens is 138 g/mol. The lowest BCUT2D eigenvalue weighted by Crippen LogP contribution is -2.44. The molecule has 0 aromatic carbocycles. The van der Waals surface area contributed by atoms with Gasteiger partial charge in [0.2, 0.25) is 0 Å². The van der Waals surface area contributed by atoms with E-state index >= 15 is 0 Å². The van der Waals surface area contributed by atoms with Gasteiger partial charge in [0.05, 0.1) is 6.61 Å². The van der Waals surface area contributed by atoms with Gasteiger partial charge in [0.25, 0.3) is 0 Å². The average molecular weight is 155 g/mol. The van der Waals surface area contributed by atoms with Crippen molar-refractivity contribution in [3.05, 3.63) is 0 Å². The van der Waals surface area contributed by atoms with Crippen molar-refractivity contribution in [3.63, 3.8) is 0 Å². The molecule has 0 spiro atoms. The summed E-state index contributed by atoms with van der Waals surface area (Å²) in [6.45, 7) is 1.44. The molecule has 2 N–H and O–H groups in total. The van der Waals surface area contributed by atoms with Crippen LogP contribution < -0.4 is 5.32 Å². The van der Waals surface area contributed by atoms with Gasteiger partial charge in [-0.3, -0.25) is 0 Å². The first-order valence-corrected chi connectivity index (χ1v) is 4.76. The third-order valence-electron chi connectivity index (χ3n) is 3.06. The van der Waals surface area contributed by atoms with Gasteiger partial charge in [-0.15, -0.1) is 0 Å². The van der Waals surface area contributed by atoms with E-state index in [0.717, 1.165) is 18.4 Å². The molecule has 64 valence electrons. The number of rotatable bonds is 2. The number of hydrogen-bond acceptors (Lipinski definition) is 2. The van der Waals surface area contributed by atoms with E-state index in [4.69, 9.17) is 5.11 Å². The van der Waals surface area contributed by atoms with Crippen LogP contribution in [-0.2, 0) is 0 Å². The van der Waals surface area contributed by atoms with Crippen LogP contribution in [0.25, 0.3) is 0 Å². The average Bonchev–Trinajstić information content (AvgIpc) is 2.87. The Morgan fingerprint density at radius 1 is 1.27 bits per heavy atom. The summed E-state index contributed by atoms with van der Waals surface area (Å²) >= 11 is 0. The number of aliphatic hydroxyl groups is 1. The zero-order chi connectivity index (χ0) is 7.68.